The van der Waals surface area contributed by atoms with Crippen LogP contribution < -0.4 is 9.47 Å². The molecule has 0 saturated carbocycles. The maximum absolute atomic E-state index is 5.34. The number of H-pyrrole nitrogens is 1. The second-order valence-electron chi connectivity index (χ2n) is 4.89. The fourth-order valence-corrected chi connectivity index (χ4v) is 2.40. The van der Waals surface area contributed by atoms with Crippen LogP contribution in [0.5, 0.6) is 11.5 Å². The zero-order valence-corrected chi connectivity index (χ0v) is 14.1. The summed E-state index contributed by atoms with van der Waals surface area (Å²) >= 11 is 5.27. The van der Waals surface area contributed by atoms with Gasteiger partial charge in [0.1, 0.15) is 0 Å². The number of nitrogens with zero attached hydrogens (tertiary/aromatic N) is 3. The molecule has 0 unspecified atom stereocenters. The summed E-state index contributed by atoms with van der Waals surface area (Å²) in [7, 11) is 3.18. The van der Waals surface area contributed by atoms with E-state index in [1.165, 1.54) is 0 Å². The minimum Gasteiger partial charge on any atom is -0.493 e. The minimum absolute atomic E-state index is 0.409. The lowest BCUT2D eigenvalue weighted by atomic mass is 10.2. The van der Waals surface area contributed by atoms with Crippen LogP contribution in [0.3, 0.4) is 0 Å². The summed E-state index contributed by atoms with van der Waals surface area (Å²) in [5, 5.41) is 11.5. The third-order valence-corrected chi connectivity index (χ3v) is 3.68. The summed E-state index contributed by atoms with van der Waals surface area (Å²) in [5.41, 5.74) is 1.78. The zero-order chi connectivity index (χ0) is 16.9. The smallest absolute Gasteiger partial charge is 0.216 e. The summed E-state index contributed by atoms with van der Waals surface area (Å²) in [6.45, 7) is 0. The zero-order valence-electron chi connectivity index (χ0n) is 13.3. The Bertz CT molecular complexity index is 916. The van der Waals surface area contributed by atoms with Crippen molar-refractivity contribution in [3.05, 3.63) is 58.9 Å². The van der Waals surface area contributed by atoms with Gasteiger partial charge in [0.2, 0.25) is 4.77 Å². The molecule has 0 saturated heterocycles. The summed E-state index contributed by atoms with van der Waals surface area (Å²) in [6, 6.07) is 15.3. The molecule has 122 valence electrons. The van der Waals surface area contributed by atoms with Crippen LogP contribution >= 0.6 is 12.2 Å². The average Bonchev–Trinajstić information content (AvgIpc) is 3.00. The van der Waals surface area contributed by atoms with Gasteiger partial charge >= 0.3 is 0 Å². The van der Waals surface area contributed by atoms with Crippen LogP contribution in [-0.4, -0.2) is 35.3 Å². The molecular weight excluding hydrogens is 324 g/mol. The van der Waals surface area contributed by atoms with Crippen molar-refractivity contribution in [3.63, 3.8) is 0 Å². The summed E-state index contributed by atoms with van der Waals surface area (Å²) < 4.78 is 12.6. The highest BCUT2D eigenvalue weighted by atomic mass is 32.1. The second-order valence-corrected chi connectivity index (χ2v) is 5.28. The van der Waals surface area contributed by atoms with Gasteiger partial charge in [-0.25, -0.2) is 5.10 Å². The first kappa shape index (κ1) is 15.9. The molecule has 0 fully saturated rings. The van der Waals surface area contributed by atoms with Crippen molar-refractivity contribution in [2.24, 2.45) is 5.10 Å². The number of methoxy groups -OCH3 is 2. The molecular formula is C17H16N4O2S. The quantitative estimate of drug-likeness (QED) is 0.570. The van der Waals surface area contributed by atoms with Crippen molar-refractivity contribution >= 4 is 18.4 Å². The van der Waals surface area contributed by atoms with Crippen molar-refractivity contribution in [1.29, 1.82) is 0 Å². The molecule has 6 nitrogen and oxygen atoms in total. The molecule has 0 radical (unpaired) electrons. The van der Waals surface area contributed by atoms with E-state index in [0.29, 0.717) is 22.1 Å². The molecule has 3 rings (SSSR count). The van der Waals surface area contributed by atoms with E-state index in [-0.39, 0.29) is 0 Å². The number of benzene rings is 2. The van der Waals surface area contributed by atoms with Gasteiger partial charge in [-0.3, -0.25) is 0 Å². The first-order chi connectivity index (χ1) is 11.7. The van der Waals surface area contributed by atoms with Crippen molar-refractivity contribution in [2.75, 3.05) is 14.2 Å². The Kier molecular flexibility index (Phi) is 4.72. The van der Waals surface area contributed by atoms with Crippen molar-refractivity contribution in [2.45, 2.75) is 0 Å². The minimum atomic E-state index is 0.409. The van der Waals surface area contributed by atoms with Crippen molar-refractivity contribution < 1.29 is 9.47 Å². The Hall–Kier alpha value is -2.93. The lowest BCUT2D eigenvalue weighted by molar-refractivity contribution is 0.355. The van der Waals surface area contributed by atoms with Crippen molar-refractivity contribution in [3.8, 4) is 22.9 Å². The highest BCUT2D eigenvalue weighted by Crippen LogP contribution is 2.31. The molecule has 0 bridgehead atoms. The predicted molar refractivity (Wildman–Crippen MR) is 95.4 cm³/mol. The number of hydrogen-bond donors (Lipinski definition) is 1. The highest BCUT2D eigenvalue weighted by Gasteiger charge is 2.12. The van der Waals surface area contributed by atoms with Crippen LogP contribution in [0, 0.1) is 4.77 Å². The first-order valence-corrected chi connectivity index (χ1v) is 7.63. The van der Waals surface area contributed by atoms with E-state index in [1.54, 1.807) is 25.1 Å². The van der Waals surface area contributed by atoms with Crippen LogP contribution in [0.15, 0.2) is 53.6 Å². The van der Waals surface area contributed by atoms with E-state index in [4.69, 9.17) is 21.7 Å². The number of ether oxygens (including phenoxy) is 2. The molecule has 0 aliphatic rings. The predicted octanol–water partition coefficient (Wildman–Crippen LogP) is 3.51. The average molecular weight is 340 g/mol. The molecule has 24 heavy (non-hydrogen) atoms. The Morgan fingerprint density at radius 2 is 1.83 bits per heavy atom. The van der Waals surface area contributed by atoms with Gasteiger partial charge < -0.3 is 9.47 Å². The molecule has 2 aromatic carbocycles. The molecule has 0 spiro atoms. The molecule has 3 aromatic rings. The van der Waals surface area contributed by atoms with Gasteiger partial charge in [0.05, 0.1) is 20.4 Å². The molecule has 1 heterocycles. The second kappa shape index (κ2) is 7.10. The Balaban J connectivity index is 2.02. The molecule has 0 amide bonds. The first-order valence-electron chi connectivity index (χ1n) is 7.22. The molecule has 7 heteroatoms. The van der Waals surface area contributed by atoms with Crippen LogP contribution in [0.1, 0.15) is 5.56 Å². The lowest BCUT2D eigenvalue weighted by Crippen LogP contribution is -1.96. The maximum Gasteiger partial charge on any atom is 0.216 e. The monoisotopic (exact) mass is 340 g/mol. The molecule has 1 N–H and O–H groups in total. The van der Waals surface area contributed by atoms with Gasteiger partial charge in [0.25, 0.3) is 0 Å². The number of hydrogen-bond acceptors (Lipinski definition) is 5. The van der Waals surface area contributed by atoms with Crippen LogP contribution in [0.4, 0.5) is 0 Å². The third kappa shape index (κ3) is 3.21. The van der Waals surface area contributed by atoms with Crippen molar-refractivity contribution in [1.82, 2.24) is 14.9 Å². The summed E-state index contributed by atoms with van der Waals surface area (Å²) in [6.07, 6.45) is 1.73. The largest absolute Gasteiger partial charge is 0.493 e. The van der Waals surface area contributed by atoms with E-state index in [0.717, 1.165) is 11.1 Å². The SMILES string of the molecule is COc1ccc(-c2n[nH]c(=S)n2N=Cc2ccccc2)cc1OC. The van der Waals surface area contributed by atoms with Gasteiger partial charge in [0.15, 0.2) is 17.3 Å². The number of rotatable bonds is 5. The van der Waals surface area contributed by atoms with E-state index in [1.807, 2.05) is 48.5 Å². The highest BCUT2D eigenvalue weighted by molar-refractivity contribution is 7.71. The Morgan fingerprint density at radius 3 is 2.54 bits per heavy atom. The number of nitrogens with one attached hydrogen (secondary N) is 1. The number of aromatic nitrogens is 3. The molecule has 1 aromatic heterocycles. The molecule has 0 aliphatic carbocycles. The fraction of sp³-hybridized carbons (Fsp3) is 0.118. The van der Waals surface area contributed by atoms with E-state index in [9.17, 15) is 0 Å². The standard InChI is InChI=1S/C17H16N4O2S/c1-22-14-9-8-13(10-15(14)23-2)16-19-20-17(24)21(16)18-11-12-6-4-3-5-7-12/h3-11H,1-2H3,(H,20,24). The summed E-state index contributed by atoms with van der Waals surface area (Å²) in [4.78, 5) is 0. The Morgan fingerprint density at radius 1 is 1.08 bits per heavy atom. The Labute approximate surface area is 144 Å². The van der Waals surface area contributed by atoms with Crippen LogP contribution in [-0.2, 0) is 0 Å². The third-order valence-electron chi connectivity index (χ3n) is 3.41. The van der Waals surface area contributed by atoms with Gasteiger partial charge in [-0.2, -0.15) is 14.9 Å². The van der Waals surface area contributed by atoms with Gasteiger partial charge in [-0.15, -0.1) is 0 Å². The maximum atomic E-state index is 5.34. The fourth-order valence-electron chi connectivity index (χ4n) is 2.22. The van der Waals surface area contributed by atoms with E-state index < -0.39 is 0 Å². The van der Waals surface area contributed by atoms with E-state index in [2.05, 4.69) is 15.3 Å². The molecule has 0 atom stereocenters. The van der Waals surface area contributed by atoms with Gasteiger partial charge in [0, 0.05) is 5.56 Å². The van der Waals surface area contributed by atoms with Gasteiger partial charge in [-0.05, 0) is 36.0 Å². The topological polar surface area (TPSA) is 64.4 Å². The van der Waals surface area contributed by atoms with Gasteiger partial charge in [-0.1, -0.05) is 30.3 Å². The van der Waals surface area contributed by atoms with Crippen LogP contribution in [0.2, 0.25) is 0 Å². The molecule has 0 aliphatic heterocycles. The van der Waals surface area contributed by atoms with Crippen LogP contribution in [0.25, 0.3) is 11.4 Å². The van der Waals surface area contributed by atoms with E-state index >= 15 is 0 Å². The normalized spacial score (nSPS) is 10.9. The summed E-state index contributed by atoms with van der Waals surface area (Å²) in [5.74, 6) is 1.85. The lowest BCUT2D eigenvalue weighted by Gasteiger charge is -2.09. The number of aromatic amines is 1.